The molecule has 0 N–H and O–H groups in total. The summed E-state index contributed by atoms with van der Waals surface area (Å²) in [4.78, 5) is 29.6. The second kappa shape index (κ2) is 5.84. The molecule has 9 heteroatoms. The zero-order chi connectivity index (χ0) is 18.5. The van der Waals surface area contributed by atoms with E-state index in [0.29, 0.717) is 18.1 Å². The summed E-state index contributed by atoms with van der Waals surface area (Å²) in [6.07, 6.45) is 3.25. The van der Waals surface area contributed by atoms with Crippen molar-refractivity contribution in [1.29, 1.82) is 0 Å². The first kappa shape index (κ1) is 16.6. The van der Waals surface area contributed by atoms with Crippen LogP contribution in [0.25, 0.3) is 0 Å². The molecule has 0 atom stereocenters. The third-order valence-corrected chi connectivity index (χ3v) is 4.81. The Kier molecular flexibility index (Phi) is 3.73. The molecule has 26 heavy (non-hydrogen) atoms. The molecule has 134 valence electrons. The Hall–Kier alpha value is -2.87. The molecule has 0 bridgehead atoms. The van der Waals surface area contributed by atoms with Crippen LogP contribution in [-0.2, 0) is 0 Å². The van der Waals surface area contributed by atoms with Gasteiger partial charge in [0.25, 0.3) is 5.91 Å². The van der Waals surface area contributed by atoms with Crippen molar-refractivity contribution < 1.29 is 19.2 Å². The maximum atomic E-state index is 13.1. The number of rotatable bonds is 3. The lowest BCUT2D eigenvalue weighted by Crippen LogP contribution is -2.45. The van der Waals surface area contributed by atoms with Crippen LogP contribution in [-0.4, -0.2) is 35.1 Å². The van der Waals surface area contributed by atoms with Crippen molar-refractivity contribution in [3.63, 3.8) is 0 Å². The summed E-state index contributed by atoms with van der Waals surface area (Å²) in [5.41, 5.74) is -0.136. The summed E-state index contributed by atoms with van der Waals surface area (Å²) in [6.45, 7) is 0.363. The molecule has 0 radical (unpaired) electrons. The molecule has 1 fully saturated rings. The molecule has 8 nitrogen and oxygen atoms in total. The molecule has 1 aliphatic carbocycles. The van der Waals surface area contributed by atoms with E-state index < -0.39 is 16.4 Å². The first-order valence-corrected chi connectivity index (χ1v) is 8.30. The van der Waals surface area contributed by atoms with Crippen molar-refractivity contribution in [2.24, 2.45) is 0 Å². The summed E-state index contributed by atoms with van der Waals surface area (Å²) in [5.74, 6) is -0.0869. The zero-order valence-corrected chi connectivity index (χ0v) is 14.5. The smallest absolute Gasteiger partial charge is 0.313 e. The largest absolute Gasteiger partial charge is 0.489 e. The van der Waals surface area contributed by atoms with Crippen LogP contribution in [0.2, 0.25) is 5.02 Å². The molecule has 0 unspecified atom stereocenters. The summed E-state index contributed by atoms with van der Waals surface area (Å²) >= 11 is 6.09. The van der Waals surface area contributed by atoms with Crippen molar-refractivity contribution in [3.05, 3.63) is 51.2 Å². The Labute approximate surface area is 153 Å². The lowest BCUT2D eigenvalue weighted by Gasteiger charge is -2.34. The van der Waals surface area contributed by atoms with Gasteiger partial charge in [0, 0.05) is 17.8 Å². The predicted molar refractivity (Wildman–Crippen MR) is 93.2 cm³/mol. The number of nitro benzene ring substituents is 1. The maximum absolute atomic E-state index is 13.1. The molecular weight excluding hydrogens is 362 g/mol. The number of nitrogens with zero attached hydrogens (tertiary/aromatic N) is 3. The van der Waals surface area contributed by atoms with Gasteiger partial charge in [-0.1, -0.05) is 11.6 Å². The first-order valence-electron chi connectivity index (χ1n) is 7.92. The molecule has 1 aliphatic heterocycles. The average Bonchev–Trinajstić information content (AvgIpc) is 3.38. The van der Waals surface area contributed by atoms with Gasteiger partial charge < -0.3 is 9.47 Å². The van der Waals surface area contributed by atoms with Crippen LogP contribution in [0.5, 0.6) is 11.6 Å². The van der Waals surface area contributed by atoms with Crippen molar-refractivity contribution in [3.8, 4) is 11.6 Å². The highest BCUT2D eigenvalue weighted by molar-refractivity contribution is 6.33. The minimum atomic E-state index is -0.626. The van der Waals surface area contributed by atoms with E-state index in [0.717, 1.165) is 12.8 Å². The topological polar surface area (TPSA) is 94.8 Å². The van der Waals surface area contributed by atoms with E-state index >= 15 is 0 Å². The molecule has 1 aromatic carbocycles. The van der Waals surface area contributed by atoms with Crippen LogP contribution in [0.15, 0.2) is 30.5 Å². The van der Waals surface area contributed by atoms with Gasteiger partial charge >= 0.3 is 5.69 Å². The summed E-state index contributed by atoms with van der Waals surface area (Å²) in [7, 11) is 1.29. The zero-order valence-electron chi connectivity index (χ0n) is 13.8. The number of ether oxygens (including phenoxy) is 2. The number of hydrogen-bond acceptors (Lipinski definition) is 6. The highest BCUT2D eigenvalue weighted by Gasteiger charge is 2.52. The molecule has 1 aromatic heterocycles. The number of amides is 1. The van der Waals surface area contributed by atoms with Crippen molar-refractivity contribution in [2.75, 3.05) is 18.6 Å². The van der Waals surface area contributed by atoms with Gasteiger partial charge in [0.15, 0.2) is 0 Å². The Balaban J connectivity index is 1.78. The number of nitro groups is 1. The first-order chi connectivity index (χ1) is 12.4. The van der Waals surface area contributed by atoms with Gasteiger partial charge in [-0.2, -0.15) is 0 Å². The standard InChI is InChI=1S/C17H14ClN3O5/c1-25-14-11(18)7-10(8-13(14)21(23)24)16(22)20-9-17(4-5-17)26-15-12(20)3-2-6-19-15/h2-3,6-8H,4-5,9H2,1H3. The third-order valence-electron chi connectivity index (χ3n) is 4.53. The lowest BCUT2D eigenvalue weighted by atomic mass is 10.1. The molecule has 2 heterocycles. The van der Waals surface area contributed by atoms with Gasteiger partial charge in [0.05, 0.1) is 23.6 Å². The van der Waals surface area contributed by atoms with Crippen LogP contribution in [0, 0.1) is 10.1 Å². The predicted octanol–water partition coefficient (Wildman–Crippen LogP) is 3.22. The number of aromatic nitrogens is 1. The Morgan fingerprint density at radius 1 is 1.46 bits per heavy atom. The number of anilines is 1. The summed E-state index contributed by atoms with van der Waals surface area (Å²) in [6, 6.07) is 5.99. The van der Waals surface area contributed by atoms with E-state index in [1.165, 1.54) is 19.2 Å². The van der Waals surface area contributed by atoms with E-state index in [4.69, 9.17) is 21.1 Å². The average molecular weight is 376 g/mol. The van der Waals surface area contributed by atoms with Gasteiger partial charge in [-0.25, -0.2) is 4.98 Å². The fourth-order valence-corrected chi connectivity index (χ4v) is 3.35. The van der Waals surface area contributed by atoms with Crippen LogP contribution < -0.4 is 14.4 Å². The normalized spacial score (nSPS) is 16.6. The molecule has 1 spiro atoms. The fourth-order valence-electron chi connectivity index (χ4n) is 3.05. The van der Waals surface area contributed by atoms with Crippen LogP contribution in [0.4, 0.5) is 11.4 Å². The number of methoxy groups -OCH3 is 1. The second-order valence-corrected chi connectivity index (χ2v) is 6.68. The number of hydrogen-bond donors (Lipinski definition) is 0. The molecular formula is C17H14ClN3O5. The van der Waals surface area contributed by atoms with Gasteiger partial charge in [0.2, 0.25) is 11.6 Å². The quantitative estimate of drug-likeness (QED) is 0.603. The number of benzene rings is 1. The van der Waals surface area contributed by atoms with Crippen molar-refractivity contribution in [2.45, 2.75) is 18.4 Å². The van der Waals surface area contributed by atoms with Crippen LogP contribution >= 0.6 is 11.6 Å². The van der Waals surface area contributed by atoms with E-state index in [-0.39, 0.29) is 22.0 Å². The minimum Gasteiger partial charge on any atom is -0.489 e. The van der Waals surface area contributed by atoms with Gasteiger partial charge in [0.1, 0.15) is 11.3 Å². The molecule has 2 aromatic rings. The van der Waals surface area contributed by atoms with Crippen molar-refractivity contribution in [1.82, 2.24) is 4.98 Å². The highest BCUT2D eigenvalue weighted by atomic mass is 35.5. The van der Waals surface area contributed by atoms with Gasteiger partial charge in [-0.05, 0) is 31.0 Å². The molecule has 4 rings (SSSR count). The number of carbonyl (C=O) groups is 1. The second-order valence-electron chi connectivity index (χ2n) is 6.27. The van der Waals surface area contributed by atoms with Crippen LogP contribution in [0.1, 0.15) is 23.2 Å². The highest BCUT2D eigenvalue weighted by Crippen LogP contribution is 2.48. The van der Waals surface area contributed by atoms with Crippen molar-refractivity contribution >= 4 is 28.9 Å². The molecule has 1 saturated carbocycles. The van der Waals surface area contributed by atoms with Gasteiger partial charge in [-0.3, -0.25) is 19.8 Å². The van der Waals surface area contributed by atoms with Gasteiger partial charge in [-0.15, -0.1) is 0 Å². The SMILES string of the molecule is COc1c(Cl)cc(C(=O)N2CC3(CC3)Oc3ncccc32)cc1[N+](=O)[O-]. The number of carbonyl (C=O) groups excluding carboxylic acids is 1. The summed E-state index contributed by atoms with van der Waals surface area (Å²) in [5, 5.41) is 11.3. The Bertz CT molecular complexity index is 929. The van der Waals surface area contributed by atoms with Crippen LogP contribution in [0.3, 0.4) is 0 Å². The molecule has 1 amide bonds. The summed E-state index contributed by atoms with van der Waals surface area (Å²) < 4.78 is 10.9. The van der Waals surface area contributed by atoms with E-state index in [1.807, 2.05) is 0 Å². The Morgan fingerprint density at radius 2 is 2.23 bits per heavy atom. The number of halogens is 1. The Morgan fingerprint density at radius 3 is 2.88 bits per heavy atom. The fraction of sp³-hybridized carbons (Fsp3) is 0.294. The van der Waals surface area contributed by atoms with E-state index in [2.05, 4.69) is 4.98 Å². The lowest BCUT2D eigenvalue weighted by molar-refractivity contribution is -0.385. The number of pyridine rings is 1. The third kappa shape index (κ3) is 2.62. The molecule has 0 saturated heterocycles. The number of fused-ring (bicyclic) bond motifs is 1. The minimum absolute atomic E-state index is 0.00542. The van der Waals surface area contributed by atoms with E-state index in [9.17, 15) is 14.9 Å². The van der Waals surface area contributed by atoms with E-state index in [1.54, 1.807) is 23.2 Å². The molecule has 2 aliphatic rings. The maximum Gasteiger partial charge on any atom is 0.313 e. The monoisotopic (exact) mass is 375 g/mol.